The van der Waals surface area contributed by atoms with E-state index in [1.54, 1.807) is 0 Å². The predicted octanol–water partition coefficient (Wildman–Crippen LogP) is 1.88. The van der Waals surface area contributed by atoms with Crippen LogP contribution < -0.4 is 0 Å². The van der Waals surface area contributed by atoms with Crippen LogP contribution in [-0.2, 0) is 6.42 Å². The monoisotopic (exact) mass is 190 g/mol. The van der Waals surface area contributed by atoms with Gasteiger partial charge in [-0.05, 0) is 25.3 Å². The molecule has 1 atom stereocenters. The van der Waals surface area contributed by atoms with E-state index in [0.717, 1.165) is 23.7 Å². The van der Waals surface area contributed by atoms with Crippen LogP contribution >= 0.6 is 0 Å². The van der Waals surface area contributed by atoms with Crippen molar-refractivity contribution in [1.82, 2.24) is 10.2 Å². The molecule has 0 fully saturated rings. The summed E-state index contributed by atoms with van der Waals surface area (Å²) in [6.07, 6.45) is 3.25. The molecule has 0 radical (unpaired) electrons. The van der Waals surface area contributed by atoms with Crippen molar-refractivity contribution in [3.63, 3.8) is 0 Å². The molecule has 1 heterocycles. The molecule has 0 saturated carbocycles. The molecule has 0 saturated heterocycles. The zero-order valence-corrected chi connectivity index (χ0v) is 8.20. The second-order valence-electron chi connectivity index (χ2n) is 3.64. The van der Waals surface area contributed by atoms with E-state index in [1.807, 2.05) is 25.3 Å². The second kappa shape index (κ2) is 3.80. The highest BCUT2D eigenvalue weighted by molar-refractivity contribution is 5.81. The molecule has 2 N–H and O–H groups in total. The summed E-state index contributed by atoms with van der Waals surface area (Å²) in [5.41, 5.74) is 2.31. The van der Waals surface area contributed by atoms with Crippen LogP contribution in [0.4, 0.5) is 0 Å². The minimum Gasteiger partial charge on any atom is -0.393 e. The van der Waals surface area contributed by atoms with Crippen LogP contribution in [0.3, 0.4) is 0 Å². The van der Waals surface area contributed by atoms with Gasteiger partial charge in [0.25, 0.3) is 0 Å². The largest absolute Gasteiger partial charge is 0.393 e. The summed E-state index contributed by atoms with van der Waals surface area (Å²) in [5, 5.41) is 17.3. The normalized spacial score (nSPS) is 13.3. The van der Waals surface area contributed by atoms with Crippen LogP contribution in [0.1, 0.15) is 18.9 Å². The van der Waals surface area contributed by atoms with Crippen molar-refractivity contribution in [1.29, 1.82) is 0 Å². The molecule has 1 aromatic carbocycles. The van der Waals surface area contributed by atoms with Crippen LogP contribution in [-0.4, -0.2) is 21.4 Å². The van der Waals surface area contributed by atoms with E-state index < -0.39 is 0 Å². The molecule has 0 amide bonds. The number of nitrogens with zero attached hydrogens (tertiary/aromatic N) is 1. The van der Waals surface area contributed by atoms with Gasteiger partial charge in [-0.25, -0.2) is 0 Å². The van der Waals surface area contributed by atoms with Gasteiger partial charge in [-0.2, -0.15) is 5.10 Å². The third kappa shape index (κ3) is 1.77. The first-order valence-electron chi connectivity index (χ1n) is 4.86. The molecular formula is C11H14N2O. The number of H-pyrrole nitrogens is 1. The molecule has 0 bridgehead atoms. The average molecular weight is 190 g/mol. The Balaban J connectivity index is 2.27. The molecule has 14 heavy (non-hydrogen) atoms. The number of fused-ring (bicyclic) bond motifs is 1. The smallest absolute Gasteiger partial charge is 0.0682 e. The van der Waals surface area contributed by atoms with Gasteiger partial charge in [0.2, 0.25) is 0 Å². The summed E-state index contributed by atoms with van der Waals surface area (Å²) in [5.74, 6) is 0. The maximum atomic E-state index is 9.21. The Morgan fingerprint density at radius 1 is 1.50 bits per heavy atom. The number of benzene rings is 1. The summed E-state index contributed by atoms with van der Waals surface area (Å²) in [6.45, 7) is 1.81. The van der Waals surface area contributed by atoms with Crippen molar-refractivity contribution in [3.05, 3.63) is 30.0 Å². The van der Waals surface area contributed by atoms with Gasteiger partial charge >= 0.3 is 0 Å². The number of nitrogens with one attached hydrogen (secondary N) is 1. The maximum absolute atomic E-state index is 9.21. The Hall–Kier alpha value is -1.35. The third-order valence-corrected chi connectivity index (χ3v) is 2.39. The summed E-state index contributed by atoms with van der Waals surface area (Å²) >= 11 is 0. The molecule has 2 rings (SSSR count). The molecule has 3 heteroatoms. The summed E-state index contributed by atoms with van der Waals surface area (Å²) < 4.78 is 0. The standard InChI is InChI=1S/C11H14N2O/c1-8(14)5-6-9-3-2-4-10-7-12-13-11(9)10/h2-4,7-8,14H,5-6H2,1H3,(H,12,13). The van der Waals surface area contributed by atoms with Crippen LogP contribution in [0, 0.1) is 0 Å². The van der Waals surface area contributed by atoms with Gasteiger partial charge in [0, 0.05) is 5.39 Å². The molecular weight excluding hydrogens is 176 g/mol. The van der Waals surface area contributed by atoms with Crippen LogP contribution in [0.25, 0.3) is 10.9 Å². The van der Waals surface area contributed by atoms with Gasteiger partial charge in [0.1, 0.15) is 0 Å². The van der Waals surface area contributed by atoms with E-state index in [2.05, 4.69) is 16.3 Å². The number of hydrogen-bond acceptors (Lipinski definition) is 2. The Kier molecular flexibility index (Phi) is 2.50. The Labute approximate surface area is 82.8 Å². The third-order valence-electron chi connectivity index (χ3n) is 2.39. The number of aryl methyl sites for hydroxylation is 1. The molecule has 0 spiro atoms. The highest BCUT2D eigenvalue weighted by atomic mass is 16.3. The number of rotatable bonds is 3. The van der Waals surface area contributed by atoms with Crippen LogP contribution in [0.2, 0.25) is 0 Å². The minimum absolute atomic E-state index is 0.242. The summed E-state index contributed by atoms with van der Waals surface area (Å²) in [4.78, 5) is 0. The first-order valence-corrected chi connectivity index (χ1v) is 4.86. The highest BCUT2D eigenvalue weighted by Gasteiger charge is 2.03. The van der Waals surface area contributed by atoms with Crippen molar-refractivity contribution in [2.45, 2.75) is 25.9 Å². The van der Waals surface area contributed by atoms with E-state index >= 15 is 0 Å². The maximum Gasteiger partial charge on any atom is 0.0682 e. The second-order valence-corrected chi connectivity index (χ2v) is 3.64. The fourth-order valence-corrected chi connectivity index (χ4v) is 1.60. The van der Waals surface area contributed by atoms with Crippen molar-refractivity contribution in [3.8, 4) is 0 Å². The number of aliphatic hydroxyl groups is 1. The van der Waals surface area contributed by atoms with Crippen molar-refractivity contribution in [2.24, 2.45) is 0 Å². The molecule has 0 aliphatic carbocycles. The number of para-hydroxylation sites is 1. The van der Waals surface area contributed by atoms with Gasteiger partial charge in [-0.1, -0.05) is 18.2 Å². The van der Waals surface area contributed by atoms with Gasteiger partial charge in [-0.15, -0.1) is 0 Å². The van der Waals surface area contributed by atoms with Crippen LogP contribution in [0.15, 0.2) is 24.4 Å². The Morgan fingerprint density at radius 3 is 3.14 bits per heavy atom. The number of hydrogen-bond donors (Lipinski definition) is 2. The van der Waals surface area contributed by atoms with Crippen molar-refractivity contribution in [2.75, 3.05) is 0 Å². The topological polar surface area (TPSA) is 48.9 Å². The molecule has 0 aliphatic rings. The fourth-order valence-electron chi connectivity index (χ4n) is 1.60. The van der Waals surface area contributed by atoms with Crippen LogP contribution in [0.5, 0.6) is 0 Å². The minimum atomic E-state index is -0.242. The predicted molar refractivity (Wildman–Crippen MR) is 56.1 cm³/mol. The van der Waals surface area contributed by atoms with Crippen molar-refractivity contribution >= 4 is 10.9 Å². The molecule has 74 valence electrons. The van der Waals surface area contributed by atoms with Gasteiger partial charge < -0.3 is 5.11 Å². The van der Waals surface area contributed by atoms with Crippen molar-refractivity contribution < 1.29 is 5.11 Å². The molecule has 2 aromatic rings. The first kappa shape index (κ1) is 9.21. The van der Waals surface area contributed by atoms with E-state index in [9.17, 15) is 5.11 Å². The molecule has 1 unspecified atom stereocenters. The molecule has 3 nitrogen and oxygen atoms in total. The zero-order valence-electron chi connectivity index (χ0n) is 8.20. The number of aromatic amines is 1. The average Bonchev–Trinajstić information content (AvgIpc) is 2.62. The van der Waals surface area contributed by atoms with E-state index in [1.165, 1.54) is 5.56 Å². The quantitative estimate of drug-likeness (QED) is 0.776. The Bertz CT molecular complexity index is 420. The molecule has 1 aromatic heterocycles. The lowest BCUT2D eigenvalue weighted by atomic mass is 10.1. The molecule has 0 aliphatic heterocycles. The van der Waals surface area contributed by atoms with Gasteiger partial charge in [-0.3, -0.25) is 5.10 Å². The lowest BCUT2D eigenvalue weighted by Gasteiger charge is -2.04. The number of aliphatic hydroxyl groups excluding tert-OH is 1. The SMILES string of the molecule is CC(O)CCc1cccc2cn[nH]c12. The van der Waals surface area contributed by atoms with Gasteiger partial charge in [0.05, 0.1) is 17.8 Å². The lowest BCUT2D eigenvalue weighted by Crippen LogP contribution is -2.01. The first-order chi connectivity index (χ1) is 6.77. The Morgan fingerprint density at radius 2 is 2.36 bits per heavy atom. The van der Waals surface area contributed by atoms with E-state index in [4.69, 9.17) is 0 Å². The van der Waals surface area contributed by atoms with E-state index in [0.29, 0.717) is 0 Å². The van der Waals surface area contributed by atoms with Gasteiger partial charge in [0.15, 0.2) is 0 Å². The lowest BCUT2D eigenvalue weighted by molar-refractivity contribution is 0.185. The van der Waals surface area contributed by atoms with E-state index in [-0.39, 0.29) is 6.10 Å². The zero-order chi connectivity index (χ0) is 9.97. The number of aromatic nitrogens is 2. The summed E-state index contributed by atoms with van der Waals surface area (Å²) in [7, 11) is 0. The fraction of sp³-hybridized carbons (Fsp3) is 0.364. The summed E-state index contributed by atoms with van der Waals surface area (Å²) in [6, 6.07) is 6.13. The highest BCUT2D eigenvalue weighted by Crippen LogP contribution is 2.17.